The molecule has 2 amide bonds. The molecule has 29 heavy (non-hydrogen) atoms. The number of carbonyl (C=O) groups excluding carboxylic acids is 2. The molecule has 6 nitrogen and oxygen atoms in total. The van der Waals surface area contributed by atoms with Gasteiger partial charge in [-0.05, 0) is 54.3 Å². The van der Waals surface area contributed by atoms with Crippen molar-refractivity contribution in [2.75, 3.05) is 12.0 Å². The molecular formula is C21H21ClN2O4S. The Bertz CT molecular complexity index is 885. The second kappa shape index (κ2) is 11.3. The predicted molar refractivity (Wildman–Crippen MR) is 116 cm³/mol. The lowest BCUT2D eigenvalue weighted by atomic mass is 10.1. The van der Waals surface area contributed by atoms with E-state index in [9.17, 15) is 19.5 Å². The maximum atomic E-state index is 12.8. The van der Waals surface area contributed by atoms with Crippen molar-refractivity contribution in [2.24, 2.45) is 0 Å². The zero-order valence-electron chi connectivity index (χ0n) is 15.7. The zero-order valence-corrected chi connectivity index (χ0v) is 17.3. The molecule has 2 aromatic carbocycles. The summed E-state index contributed by atoms with van der Waals surface area (Å²) in [5, 5.41) is 15.0. The second-order valence-corrected chi connectivity index (χ2v) is 7.50. The molecule has 0 heterocycles. The van der Waals surface area contributed by atoms with E-state index < -0.39 is 23.8 Å². The summed E-state index contributed by atoms with van der Waals surface area (Å²) in [6, 6.07) is 14.0. The van der Waals surface area contributed by atoms with E-state index in [1.165, 1.54) is 17.8 Å². The fourth-order valence-electron chi connectivity index (χ4n) is 2.40. The van der Waals surface area contributed by atoms with E-state index in [-0.39, 0.29) is 12.1 Å². The van der Waals surface area contributed by atoms with Gasteiger partial charge in [-0.1, -0.05) is 41.9 Å². The molecule has 8 heteroatoms. The van der Waals surface area contributed by atoms with E-state index in [2.05, 4.69) is 10.6 Å². The van der Waals surface area contributed by atoms with Crippen molar-refractivity contribution in [1.29, 1.82) is 0 Å². The van der Waals surface area contributed by atoms with E-state index in [1.807, 2.05) is 6.26 Å². The van der Waals surface area contributed by atoms with Gasteiger partial charge in [-0.3, -0.25) is 9.59 Å². The molecule has 0 aliphatic carbocycles. The molecule has 0 unspecified atom stereocenters. The minimum absolute atomic E-state index is 0.0587. The van der Waals surface area contributed by atoms with Crippen molar-refractivity contribution in [2.45, 2.75) is 12.5 Å². The van der Waals surface area contributed by atoms with Gasteiger partial charge in [0.25, 0.3) is 11.8 Å². The minimum Gasteiger partial charge on any atom is -0.480 e. The lowest BCUT2D eigenvalue weighted by molar-refractivity contribution is -0.141. The van der Waals surface area contributed by atoms with Gasteiger partial charge >= 0.3 is 5.97 Å². The number of carboxylic acids is 1. The highest BCUT2D eigenvalue weighted by Crippen LogP contribution is 2.13. The monoisotopic (exact) mass is 432 g/mol. The number of amides is 2. The molecule has 0 radical (unpaired) electrons. The van der Waals surface area contributed by atoms with Crippen LogP contribution in [0.4, 0.5) is 0 Å². The maximum absolute atomic E-state index is 12.8. The zero-order chi connectivity index (χ0) is 21.2. The lowest BCUT2D eigenvalue weighted by Crippen LogP contribution is -2.44. The lowest BCUT2D eigenvalue weighted by Gasteiger charge is -2.16. The first kappa shape index (κ1) is 22.5. The van der Waals surface area contributed by atoms with Gasteiger partial charge in [-0.2, -0.15) is 11.8 Å². The highest BCUT2D eigenvalue weighted by atomic mass is 35.5. The molecular weight excluding hydrogens is 412 g/mol. The number of carboxylic acid groups (broad SMARTS) is 1. The van der Waals surface area contributed by atoms with Crippen molar-refractivity contribution in [1.82, 2.24) is 10.6 Å². The molecule has 0 aliphatic heterocycles. The first-order chi connectivity index (χ1) is 13.9. The number of carbonyl (C=O) groups is 3. The fourth-order valence-corrected chi connectivity index (χ4v) is 2.99. The van der Waals surface area contributed by atoms with Crippen molar-refractivity contribution in [3.8, 4) is 0 Å². The van der Waals surface area contributed by atoms with Crippen molar-refractivity contribution in [3.05, 3.63) is 76.4 Å². The molecule has 0 aliphatic rings. The number of halogens is 1. The van der Waals surface area contributed by atoms with Crippen LogP contribution >= 0.6 is 23.4 Å². The third kappa shape index (κ3) is 7.29. The SMILES string of the molecule is CSCC[C@H](NC(=O)/C(=C\c1ccc(Cl)cc1)NC(=O)c1ccccc1)C(=O)O. The molecule has 0 saturated heterocycles. The standard InChI is InChI=1S/C21H21ClN2O4S/c1-29-12-11-17(21(27)28)23-20(26)18(13-14-7-9-16(22)10-8-14)24-19(25)15-5-3-2-4-6-15/h2-10,13,17H,11-12H2,1H3,(H,23,26)(H,24,25)(H,27,28)/b18-13+/t17-/m0/s1. The third-order valence-electron chi connectivity index (χ3n) is 3.92. The number of hydrogen-bond acceptors (Lipinski definition) is 4. The molecule has 152 valence electrons. The molecule has 3 N–H and O–H groups in total. The molecule has 0 spiro atoms. The number of thioether (sulfide) groups is 1. The van der Waals surface area contributed by atoms with Crippen LogP contribution in [0.5, 0.6) is 0 Å². The quantitative estimate of drug-likeness (QED) is 0.527. The summed E-state index contributed by atoms with van der Waals surface area (Å²) in [7, 11) is 0. The first-order valence-electron chi connectivity index (χ1n) is 8.77. The average Bonchev–Trinajstić information content (AvgIpc) is 2.72. The fraction of sp³-hybridized carbons (Fsp3) is 0.190. The van der Waals surface area contributed by atoms with Crippen LogP contribution in [0.15, 0.2) is 60.3 Å². The van der Waals surface area contributed by atoms with E-state index in [1.54, 1.807) is 54.6 Å². The van der Waals surface area contributed by atoms with Crippen molar-refractivity contribution >= 4 is 47.2 Å². The molecule has 0 aromatic heterocycles. The number of hydrogen-bond donors (Lipinski definition) is 3. The smallest absolute Gasteiger partial charge is 0.326 e. The summed E-state index contributed by atoms with van der Waals surface area (Å²) < 4.78 is 0. The molecule has 2 aromatic rings. The molecule has 0 fully saturated rings. The summed E-state index contributed by atoms with van der Waals surface area (Å²) >= 11 is 7.37. The van der Waals surface area contributed by atoms with Gasteiger partial charge in [-0.25, -0.2) is 4.79 Å². The van der Waals surface area contributed by atoms with Crippen LogP contribution in [0, 0.1) is 0 Å². The normalized spacial score (nSPS) is 12.1. The number of nitrogens with one attached hydrogen (secondary N) is 2. The topological polar surface area (TPSA) is 95.5 Å². The van der Waals surface area contributed by atoms with Gasteiger partial charge in [0.15, 0.2) is 0 Å². The Labute approximate surface area is 178 Å². The van der Waals surface area contributed by atoms with Gasteiger partial charge in [0, 0.05) is 10.6 Å². The van der Waals surface area contributed by atoms with Gasteiger partial charge in [0.1, 0.15) is 11.7 Å². The third-order valence-corrected chi connectivity index (χ3v) is 4.82. The van der Waals surface area contributed by atoms with Gasteiger partial charge in [0.2, 0.25) is 0 Å². The molecule has 0 bridgehead atoms. The second-order valence-electron chi connectivity index (χ2n) is 6.08. The van der Waals surface area contributed by atoms with E-state index >= 15 is 0 Å². The molecule has 2 rings (SSSR count). The Balaban J connectivity index is 2.27. The number of rotatable bonds is 9. The summed E-state index contributed by atoms with van der Waals surface area (Å²) in [5.74, 6) is -1.72. The van der Waals surface area contributed by atoms with Gasteiger partial charge in [-0.15, -0.1) is 0 Å². The number of aliphatic carboxylic acids is 1. The Morgan fingerprint density at radius 3 is 2.34 bits per heavy atom. The summed E-state index contributed by atoms with van der Waals surface area (Å²) in [6.45, 7) is 0. The summed E-state index contributed by atoms with van der Waals surface area (Å²) in [6.07, 6.45) is 3.59. The number of benzene rings is 2. The van der Waals surface area contributed by atoms with Crippen LogP contribution in [0.2, 0.25) is 5.02 Å². The van der Waals surface area contributed by atoms with Gasteiger partial charge in [0.05, 0.1) is 0 Å². The highest BCUT2D eigenvalue weighted by molar-refractivity contribution is 7.98. The Morgan fingerprint density at radius 2 is 1.76 bits per heavy atom. The predicted octanol–water partition coefficient (Wildman–Crippen LogP) is 3.43. The Morgan fingerprint density at radius 1 is 1.10 bits per heavy atom. The minimum atomic E-state index is -1.13. The molecule has 1 atom stereocenters. The van der Waals surface area contributed by atoms with Crippen LogP contribution < -0.4 is 10.6 Å². The van der Waals surface area contributed by atoms with Crippen LogP contribution in [0.3, 0.4) is 0 Å². The van der Waals surface area contributed by atoms with E-state index in [4.69, 9.17) is 11.6 Å². The van der Waals surface area contributed by atoms with Crippen molar-refractivity contribution in [3.63, 3.8) is 0 Å². The van der Waals surface area contributed by atoms with Crippen LogP contribution in [-0.2, 0) is 9.59 Å². The van der Waals surface area contributed by atoms with Crippen molar-refractivity contribution < 1.29 is 19.5 Å². The van der Waals surface area contributed by atoms with E-state index in [0.717, 1.165) is 0 Å². The average molecular weight is 433 g/mol. The van der Waals surface area contributed by atoms with Crippen LogP contribution in [0.25, 0.3) is 6.08 Å². The Kier molecular flexibility index (Phi) is 8.76. The highest BCUT2D eigenvalue weighted by Gasteiger charge is 2.22. The van der Waals surface area contributed by atoms with E-state index in [0.29, 0.717) is 21.9 Å². The van der Waals surface area contributed by atoms with Crippen LogP contribution in [0.1, 0.15) is 22.3 Å². The van der Waals surface area contributed by atoms with Gasteiger partial charge < -0.3 is 15.7 Å². The maximum Gasteiger partial charge on any atom is 0.326 e. The molecule has 0 saturated carbocycles. The summed E-state index contributed by atoms with van der Waals surface area (Å²) in [4.78, 5) is 36.7. The largest absolute Gasteiger partial charge is 0.480 e. The first-order valence-corrected chi connectivity index (χ1v) is 10.5. The Hall–Kier alpha value is -2.77. The summed E-state index contributed by atoms with van der Waals surface area (Å²) in [5.41, 5.74) is 0.944. The van der Waals surface area contributed by atoms with Crippen LogP contribution in [-0.4, -0.2) is 40.9 Å².